The van der Waals surface area contributed by atoms with E-state index in [1.165, 1.54) is 0 Å². The number of alkyl carbamates (subject to hydrolysis) is 1. The van der Waals surface area contributed by atoms with Crippen molar-refractivity contribution >= 4 is 18.0 Å². The summed E-state index contributed by atoms with van der Waals surface area (Å²) >= 11 is 0. The molecule has 1 aliphatic rings. The van der Waals surface area contributed by atoms with Gasteiger partial charge in [-0.25, -0.2) is 4.79 Å². The van der Waals surface area contributed by atoms with Crippen LogP contribution in [0.4, 0.5) is 4.79 Å². The van der Waals surface area contributed by atoms with Crippen LogP contribution in [0.2, 0.25) is 0 Å². The lowest BCUT2D eigenvalue weighted by Gasteiger charge is -2.21. The van der Waals surface area contributed by atoms with Gasteiger partial charge in [0, 0.05) is 13.0 Å². The molecule has 0 aromatic heterocycles. The third-order valence-corrected chi connectivity index (χ3v) is 4.03. The molecule has 1 aliphatic heterocycles. The molecule has 0 unspecified atom stereocenters. The molecular weight excluding hydrogens is 392 g/mol. The van der Waals surface area contributed by atoms with Crippen molar-refractivity contribution in [2.75, 3.05) is 26.4 Å². The summed E-state index contributed by atoms with van der Waals surface area (Å²) in [5, 5.41) is 5.33. The minimum atomic E-state index is -0.576. The molecule has 0 bridgehead atoms. The van der Waals surface area contributed by atoms with E-state index in [4.69, 9.17) is 18.9 Å². The molecule has 1 aromatic rings. The number of esters is 1. The van der Waals surface area contributed by atoms with Crippen molar-refractivity contribution in [2.24, 2.45) is 0 Å². The first kappa shape index (κ1) is 23.3. The van der Waals surface area contributed by atoms with Crippen LogP contribution in [0.25, 0.3) is 0 Å². The third kappa shape index (κ3) is 8.18. The summed E-state index contributed by atoms with van der Waals surface area (Å²) in [5.74, 6) is 0.408. The molecule has 0 spiro atoms. The molecule has 0 aliphatic carbocycles. The molecule has 0 fully saturated rings. The van der Waals surface area contributed by atoms with Crippen LogP contribution in [0.1, 0.15) is 52.1 Å². The molecule has 1 heterocycles. The maximum Gasteiger partial charge on any atom is 0.407 e. The number of carbonyl (C=O) groups excluding carboxylic acids is 3. The Bertz CT molecular complexity index is 758. The van der Waals surface area contributed by atoms with Crippen molar-refractivity contribution < 1.29 is 33.3 Å². The molecule has 166 valence electrons. The number of ether oxygens (including phenoxy) is 4. The van der Waals surface area contributed by atoms with Crippen molar-refractivity contribution in [3.63, 3.8) is 0 Å². The van der Waals surface area contributed by atoms with E-state index in [2.05, 4.69) is 10.6 Å². The van der Waals surface area contributed by atoms with E-state index in [0.29, 0.717) is 31.1 Å². The lowest BCUT2D eigenvalue weighted by atomic mass is 10.1. The first-order chi connectivity index (χ1) is 14.1. The fourth-order valence-corrected chi connectivity index (χ4v) is 2.65. The second-order valence-corrected chi connectivity index (χ2v) is 7.89. The zero-order valence-electron chi connectivity index (χ0n) is 17.9. The molecule has 2 N–H and O–H groups in total. The molecule has 30 heavy (non-hydrogen) atoms. The Balaban J connectivity index is 1.64. The van der Waals surface area contributed by atoms with E-state index >= 15 is 0 Å². The SMILES string of the molecule is C[C@H](NC(=O)COC(=O)CCCNC(=O)OC(C)(C)C)c1ccc2c(c1)OCCO2. The predicted octanol–water partition coefficient (Wildman–Crippen LogP) is 2.48. The minimum absolute atomic E-state index is 0.0841. The Kier molecular flexibility index (Phi) is 8.32. The molecule has 0 saturated heterocycles. The van der Waals surface area contributed by atoms with Gasteiger partial charge in [0.25, 0.3) is 5.91 Å². The summed E-state index contributed by atoms with van der Waals surface area (Å²) in [6.45, 7) is 8.04. The molecule has 9 heteroatoms. The summed E-state index contributed by atoms with van der Waals surface area (Å²) in [6.07, 6.45) is -0.0722. The van der Waals surface area contributed by atoms with E-state index in [1.54, 1.807) is 26.8 Å². The van der Waals surface area contributed by atoms with Crippen LogP contribution < -0.4 is 20.1 Å². The largest absolute Gasteiger partial charge is 0.486 e. The fourth-order valence-electron chi connectivity index (χ4n) is 2.65. The van der Waals surface area contributed by atoms with E-state index in [0.717, 1.165) is 5.56 Å². The van der Waals surface area contributed by atoms with Gasteiger partial charge in [0.1, 0.15) is 18.8 Å². The summed E-state index contributed by atoms with van der Waals surface area (Å²) in [7, 11) is 0. The van der Waals surface area contributed by atoms with Gasteiger partial charge in [-0.2, -0.15) is 0 Å². The lowest BCUT2D eigenvalue weighted by Crippen LogP contribution is -2.33. The van der Waals surface area contributed by atoms with Gasteiger partial charge < -0.3 is 29.6 Å². The number of hydrogen-bond donors (Lipinski definition) is 2. The van der Waals surface area contributed by atoms with Crippen LogP contribution in [-0.4, -0.2) is 49.9 Å². The minimum Gasteiger partial charge on any atom is -0.486 e. The van der Waals surface area contributed by atoms with E-state index in [1.807, 2.05) is 19.1 Å². The zero-order chi connectivity index (χ0) is 22.1. The molecule has 1 aromatic carbocycles. The number of rotatable bonds is 8. The van der Waals surface area contributed by atoms with Crippen molar-refractivity contribution in [3.05, 3.63) is 23.8 Å². The van der Waals surface area contributed by atoms with Crippen molar-refractivity contribution in [2.45, 2.75) is 52.2 Å². The Morgan fingerprint density at radius 2 is 1.83 bits per heavy atom. The summed E-state index contributed by atoms with van der Waals surface area (Å²) in [4.78, 5) is 35.3. The summed E-state index contributed by atoms with van der Waals surface area (Å²) < 4.78 is 21.1. The second-order valence-electron chi connectivity index (χ2n) is 7.89. The highest BCUT2D eigenvalue weighted by atomic mass is 16.6. The third-order valence-electron chi connectivity index (χ3n) is 4.03. The molecule has 2 amide bonds. The van der Waals surface area contributed by atoms with Crippen molar-refractivity contribution in [1.82, 2.24) is 10.6 Å². The van der Waals surface area contributed by atoms with Gasteiger partial charge in [-0.1, -0.05) is 6.07 Å². The normalized spacial score (nSPS) is 13.7. The van der Waals surface area contributed by atoms with Gasteiger partial charge in [-0.15, -0.1) is 0 Å². The number of carbonyl (C=O) groups is 3. The molecule has 9 nitrogen and oxygen atoms in total. The molecule has 2 rings (SSSR count). The lowest BCUT2D eigenvalue weighted by molar-refractivity contribution is -0.148. The van der Waals surface area contributed by atoms with Crippen molar-refractivity contribution in [1.29, 1.82) is 0 Å². The van der Waals surface area contributed by atoms with Crippen LogP contribution in [0.15, 0.2) is 18.2 Å². The van der Waals surface area contributed by atoms with Gasteiger partial charge in [0.05, 0.1) is 6.04 Å². The first-order valence-electron chi connectivity index (χ1n) is 9.95. The average molecular weight is 422 g/mol. The van der Waals surface area contributed by atoms with Gasteiger partial charge in [-0.05, 0) is 51.8 Å². The first-order valence-corrected chi connectivity index (χ1v) is 9.95. The quantitative estimate of drug-likeness (QED) is 0.489. The van der Waals surface area contributed by atoms with Crippen LogP contribution >= 0.6 is 0 Å². The summed E-state index contributed by atoms with van der Waals surface area (Å²) in [6, 6.07) is 5.19. The van der Waals surface area contributed by atoms with Crippen LogP contribution in [0.3, 0.4) is 0 Å². The van der Waals surface area contributed by atoms with E-state index in [-0.39, 0.29) is 25.6 Å². The van der Waals surface area contributed by atoms with Crippen LogP contribution in [-0.2, 0) is 19.1 Å². The maximum atomic E-state index is 12.1. The highest BCUT2D eigenvalue weighted by Crippen LogP contribution is 2.32. The molecule has 1 atom stereocenters. The number of fused-ring (bicyclic) bond motifs is 1. The Morgan fingerprint density at radius 3 is 2.53 bits per heavy atom. The Labute approximate surface area is 176 Å². The predicted molar refractivity (Wildman–Crippen MR) is 108 cm³/mol. The highest BCUT2D eigenvalue weighted by Gasteiger charge is 2.17. The van der Waals surface area contributed by atoms with Gasteiger partial charge in [-0.3, -0.25) is 9.59 Å². The molecule has 0 saturated carbocycles. The Morgan fingerprint density at radius 1 is 1.13 bits per heavy atom. The van der Waals surface area contributed by atoms with Gasteiger partial charge in [0.2, 0.25) is 0 Å². The number of amides is 2. The standard InChI is InChI=1S/C21H30N2O7/c1-14(15-7-8-16-17(12-15)28-11-10-27-16)23-18(24)13-29-19(25)6-5-9-22-20(26)30-21(2,3)4/h7-8,12,14H,5-6,9-11,13H2,1-4H3,(H,22,26)(H,23,24)/t14-/m0/s1. The van der Waals surface area contributed by atoms with E-state index in [9.17, 15) is 14.4 Å². The maximum absolute atomic E-state index is 12.1. The zero-order valence-corrected chi connectivity index (χ0v) is 17.9. The number of hydrogen-bond acceptors (Lipinski definition) is 7. The molecule has 0 radical (unpaired) electrons. The number of nitrogens with one attached hydrogen (secondary N) is 2. The summed E-state index contributed by atoms with van der Waals surface area (Å²) in [5.41, 5.74) is 0.278. The highest BCUT2D eigenvalue weighted by molar-refractivity contribution is 5.80. The monoisotopic (exact) mass is 422 g/mol. The second kappa shape index (κ2) is 10.7. The smallest absolute Gasteiger partial charge is 0.407 e. The average Bonchev–Trinajstić information content (AvgIpc) is 2.68. The number of benzene rings is 1. The molecular formula is C21H30N2O7. The van der Waals surface area contributed by atoms with Gasteiger partial charge >= 0.3 is 12.1 Å². The fraction of sp³-hybridized carbons (Fsp3) is 0.571. The van der Waals surface area contributed by atoms with Crippen LogP contribution in [0.5, 0.6) is 11.5 Å². The van der Waals surface area contributed by atoms with Gasteiger partial charge in [0.15, 0.2) is 18.1 Å². The van der Waals surface area contributed by atoms with E-state index < -0.39 is 23.6 Å². The Hall–Kier alpha value is -2.97. The van der Waals surface area contributed by atoms with Crippen molar-refractivity contribution in [3.8, 4) is 11.5 Å². The topological polar surface area (TPSA) is 112 Å². The van der Waals surface area contributed by atoms with Crippen LogP contribution in [0, 0.1) is 0 Å².